The summed E-state index contributed by atoms with van der Waals surface area (Å²) in [4.78, 5) is 6.78. The maximum Gasteiger partial charge on any atom is 0.417 e. The zero-order chi connectivity index (χ0) is 41.0. The number of alkyl halides is 6. The number of benzene rings is 3. The molecule has 2 heterocycles. The van der Waals surface area contributed by atoms with Crippen LogP contribution >= 0.6 is 0 Å². The number of ether oxygens (including phenoxy) is 1. The van der Waals surface area contributed by atoms with Gasteiger partial charge in [-0.15, -0.1) is 0 Å². The molecule has 55 heavy (non-hydrogen) atoms. The predicted octanol–water partition coefficient (Wildman–Crippen LogP) is 9.82. The molecular weight excluding hydrogens is 734 g/mol. The van der Waals surface area contributed by atoms with E-state index in [1.807, 2.05) is 6.07 Å². The number of nitriles is 1. The van der Waals surface area contributed by atoms with E-state index >= 15 is 0 Å². The Hall–Kier alpha value is -5.00. The summed E-state index contributed by atoms with van der Waals surface area (Å²) in [7, 11) is 1.34. The zero-order valence-electron chi connectivity index (χ0n) is 30.7. The topological polar surface area (TPSA) is 102 Å². The largest absolute Gasteiger partial charge is 0.496 e. The number of nitrogens with one attached hydrogen (secondary N) is 1. The Morgan fingerprint density at radius 2 is 1.31 bits per heavy atom. The Morgan fingerprint density at radius 3 is 1.85 bits per heavy atom. The SMILES string of the molecule is CC(C)(CC(O)(Cc1cc2ccccc2[nH]1)C(F)(F)F)c1ccc(F)cc1.COc1ccc(F)cc1C(C)(C)CC(O)(Cc1ccc(C#N)cn1)C(F)(F)F. The highest BCUT2D eigenvalue weighted by atomic mass is 19.4. The van der Waals surface area contributed by atoms with E-state index in [0.29, 0.717) is 11.3 Å². The van der Waals surface area contributed by atoms with Gasteiger partial charge in [0, 0.05) is 41.5 Å². The van der Waals surface area contributed by atoms with Gasteiger partial charge in [-0.3, -0.25) is 4.98 Å². The maximum atomic E-state index is 13.8. The summed E-state index contributed by atoms with van der Waals surface area (Å²) < 4.78 is 115. The molecule has 2 aromatic heterocycles. The van der Waals surface area contributed by atoms with E-state index in [0.717, 1.165) is 29.2 Å². The van der Waals surface area contributed by atoms with Crippen molar-refractivity contribution in [3.63, 3.8) is 0 Å². The molecule has 6 nitrogen and oxygen atoms in total. The van der Waals surface area contributed by atoms with Gasteiger partial charge in [-0.1, -0.05) is 58.0 Å². The summed E-state index contributed by atoms with van der Waals surface area (Å²) >= 11 is 0. The third kappa shape index (κ3) is 10.2. The highest BCUT2D eigenvalue weighted by Gasteiger charge is 2.57. The lowest BCUT2D eigenvalue weighted by atomic mass is 9.73. The molecule has 0 saturated carbocycles. The number of hydrogen-bond donors (Lipinski definition) is 3. The van der Waals surface area contributed by atoms with Crippen molar-refractivity contribution >= 4 is 10.9 Å². The van der Waals surface area contributed by atoms with Crippen LogP contribution in [0.5, 0.6) is 5.75 Å². The van der Waals surface area contributed by atoms with Crippen LogP contribution in [0.3, 0.4) is 0 Å². The number of aliphatic hydroxyl groups is 2. The Labute approximate surface area is 313 Å². The molecule has 0 fully saturated rings. The number of nitrogens with zero attached hydrogens (tertiary/aromatic N) is 2. The number of pyridine rings is 1. The van der Waals surface area contributed by atoms with Crippen molar-refractivity contribution in [2.75, 3.05) is 7.11 Å². The van der Waals surface area contributed by atoms with Crippen molar-refractivity contribution in [3.8, 4) is 11.8 Å². The number of fused-ring (bicyclic) bond motifs is 1. The van der Waals surface area contributed by atoms with Crippen LogP contribution in [0.25, 0.3) is 10.9 Å². The average molecular weight is 776 g/mol. The number of aromatic amines is 1. The first-order valence-electron chi connectivity index (χ1n) is 17.0. The summed E-state index contributed by atoms with van der Waals surface area (Å²) in [6.45, 7) is 6.19. The van der Waals surface area contributed by atoms with Gasteiger partial charge in [0.05, 0.1) is 12.7 Å². The molecule has 0 saturated heterocycles. The minimum Gasteiger partial charge on any atom is -0.496 e. The summed E-state index contributed by atoms with van der Waals surface area (Å²) in [6, 6.07) is 22.1. The van der Waals surface area contributed by atoms with Gasteiger partial charge in [0.15, 0.2) is 11.2 Å². The quantitative estimate of drug-likeness (QED) is 0.116. The van der Waals surface area contributed by atoms with Crippen LogP contribution in [0.4, 0.5) is 35.1 Å². The summed E-state index contributed by atoms with van der Waals surface area (Å²) in [5.41, 5.74) is -6.37. The first-order chi connectivity index (χ1) is 25.4. The molecule has 3 aromatic carbocycles. The predicted molar refractivity (Wildman–Crippen MR) is 191 cm³/mol. The van der Waals surface area contributed by atoms with E-state index in [1.54, 1.807) is 44.2 Å². The summed E-state index contributed by atoms with van der Waals surface area (Å²) in [5.74, 6) is -0.848. The third-order valence-electron chi connectivity index (χ3n) is 9.54. The monoisotopic (exact) mass is 775 g/mol. The van der Waals surface area contributed by atoms with Crippen molar-refractivity contribution in [2.45, 2.75) is 87.8 Å². The molecule has 0 bridgehead atoms. The standard InChI is InChI=1S/C21H21F4NO.C20H20F4N2O2/c1-19(2,15-7-9-16(22)10-8-15)13-20(27,21(23,24)25)12-17-11-14-5-3-4-6-18(14)26-17;1-18(2,16-8-14(21)5-7-17(16)28-3)12-19(27,20(22,23)24)9-15-6-4-13(10-25)11-26-15/h3-11,26-27H,12-13H2,1-2H3;4-8,11,27H,9,12H2,1-3H3. The molecule has 0 aliphatic rings. The molecule has 0 spiro atoms. The van der Waals surface area contributed by atoms with Crippen molar-refractivity contribution < 1.29 is 50.1 Å². The van der Waals surface area contributed by atoms with Crippen molar-refractivity contribution in [3.05, 3.63) is 131 Å². The van der Waals surface area contributed by atoms with Crippen LogP contribution in [0.1, 0.15) is 68.6 Å². The molecule has 0 aliphatic heterocycles. The van der Waals surface area contributed by atoms with E-state index in [-0.39, 0.29) is 22.6 Å². The lowest BCUT2D eigenvalue weighted by molar-refractivity contribution is -0.266. The molecule has 5 aromatic rings. The highest BCUT2D eigenvalue weighted by molar-refractivity contribution is 5.80. The van der Waals surface area contributed by atoms with E-state index in [2.05, 4.69) is 9.97 Å². The average Bonchev–Trinajstić information content (AvgIpc) is 3.49. The lowest BCUT2D eigenvalue weighted by Crippen LogP contribution is -2.51. The second-order valence-electron chi connectivity index (χ2n) is 14.9. The van der Waals surface area contributed by atoms with Crippen LogP contribution in [0, 0.1) is 23.0 Å². The normalized spacial score (nSPS) is 14.7. The molecule has 294 valence electrons. The molecule has 3 N–H and O–H groups in total. The van der Waals surface area contributed by atoms with Crippen molar-refractivity contribution in [1.29, 1.82) is 5.26 Å². The molecule has 0 aliphatic carbocycles. The third-order valence-corrected chi connectivity index (χ3v) is 9.54. The van der Waals surface area contributed by atoms with Crippen LogP contribution in [-0.2, 0) is 23.7 Å². The van der Waals surface area contributed by atoms with Crippen molar-refractivity contribution in [2.24, 2.45) is 0 Å². The van der Waals surface area contributed by atoms with Gasteiger partial charge in [-0.2, -0.15) is 31.6 Å². The Kier molecular flexibility index (Phi) is 12.4. The Balaban J connectivity index is 0.000000245. The fourth-order valence-corrected chi connectivity index (χ4v) is 6.73. The van der Waals surface area contributed by atoms with Gasteiger partial charge < -0.3 is 19.9 Å². The highest BCUT2D eigenvalue weighted by Crippen LogP contribution is 2.46. The molecule has 0 radical (unpaired) electrons. The molecular formula is C41H41F8N3O3. The van der Waals surface area contributed by atoms with E-state index in [1.165, 1.54) is 63.4 Å². The number of rotatable bonds is 11. The first-order valence-corrected chi connectivity index (χ1v) is 17.0. The fraction of sp³-hybridized carbons (Fsp3) is 0.366. The number of hydrogen-bond acceptors (Lipinski definition) is 5. The van der Waals surface area contributed by atoms with E-state index < -0.39 is 71.7 Å². The minimum atomic E-state index is -4.96. The van der Waals surface area contributed by atoms with Gasteiger partial charge in [0.2, 0.25) is 0 Å². The Morgan fingerprint density at radius 1 is 0.727 bits per heavy atom. The summed E-state index contributed by atoms with van der Waals surface area (Å²) in [6.07, 6.45) is -11.3. The molecule has 2 atom stereocenters. The first kappa shape index (κ1) is 42.7. The van der Waals surface area contributed by atoms with Crippen LogP contribution < -0.4 is 4.74 Å². The van der Waals surface area contributed by atoms with E-state index in [9.17, 15) is 45.3 Å². The molecule has 2 unspecified atom stereocenters. The Bertz CT molecular complexity index is 2070. The van der Waals surface area contributed by atoms with Gasteiger partial charge in [0.1, 0.15) is 23.5 Å². The second kappa shape index (κ2) is 16.0. The number of aromatic nitrogens is 2. The smallest absolute Gasteiger partial charge is 0.417 e. The van der Waals surface area contributed by atoms with Gasteiger partial charge in [-0.25, -0.2) is 8.78 Å². The number of halogens is 8. The van der Waals surface area contributed by atoms with Gasteiger partial charge in [0.25, 0.3) is 0 Å². The van der Waals surface area contributed by atoms with Crippen LogP contribution in [0.15, 0.2) is 91.1 Å². The fourth-order valence-electron chi connectivity index (χ4n) is 6.73. The zero-order valence-corrected chi connectivity index (χ0v) is 30.7. The van der Waals surface area contributed by atoms with Gasteiger partial charge in [-0.05, 0) is 89.2 Å². The lowest BCUT2D eigenvalue weighted by Gasteiger charge is -2.38. The maximum absolute atomic E-state index is 13.8. The number of H-pyrrole nitrogens is 1. The molecule has 0 amide bonds. The van der Waals surface area contributed by atoms with Gasteiger partial charge >= 0.3 is 12.4 Å². The second-order valence-corrected chi connectivity index (χ2v) is 14.9. The van der Waals surface area contributed by atoms with Crippen molar-refractivity contribution in [1.82, 2.24) is 9.97 Å². The number of para-hydroxylation sites is 1. The molecule has 5 rings (SSSR count). The minimum absolute atomic E-state index is 0.0131. The number of methoxy groups -OCH3 is 1. The van der Waals surface area contributed by atoms with Crippen LogP contribution in [0.2, 0.25) is 0 Å². The van der Waals surface area contributed by atoms with E-state index in [4.69, 9.17) is 10.00 Å². The summed E-state index contributed by atoms with van der Waals surface area (Å²) in [5, 5.41) is 30.8. The van der Waals surface area contributed by atoms with Crippen LogP contribution in [-0.4, -0.2) is 50.8 Å². The molecule has 14 heteroatoms.